The van der Waals surface area contributed by atoms with Crippen LogP contribution in [-0.2, 0) is 4.79 Å². The van der Waals surface area contributed by atoms with Gasteiger partial charge in [-0.3, -0.25) is 9.59 Å². The molecule has 0 bridgehead atoms. The van der Waals surface area contributed by atoms with Crippen LogP contribution in [0.3, 0.4) is 0 Å². The van der Waals surface area contributed by atoms with E-state index in [-0.39, 0.29) is 0 Å². The summed E-state index contributed by atoms with van der Waals surface area (Å²) in [5.41, 5.74) is 4.54. The summed E-state index contributed by atoms with van der Waals surface area (Å²) < 4.78 is 0. The zero-order valence-electron chi connectivity index (χ0n) is 10.7. The largest absolute Gasteiger partial charge is 0.293 e. The smallest absolute Gasteiger partial charge is 0.284 e. The van der Waals surface area contributed by atoms with Gasteiger partial charge in [0.1, 0.15) is 0 Å². The van der Waals surface area contributed by atoms with Crippen molar-refractivity contribution in [3.63, 3.8) is 0 Å². The van der Waals surface area contributed by atoms with Gasteiger partial charge in [0.2, 0.25) is 5.78 Å². The fraction of sp³-hybridized carbons (Fsp3) is 0.125. The molecule has 0 aliphatic carbocycles. The lowest BCUT2D eigenvalue weighted by atomic mass is 9.98. The summed E-state index contributed by atoms with van der Waals surface area (Å²) in [5.74, 6) is -0.673. The molecule has 0 N–H and O–H groups in total. The number of aryl methyl sites for hydroxylation is 2. The van der Waals surface area contributed by atoms with Gasteiger partial charge in [-0.25, -0.2) is 0 Å². The Morgan fingerprint density at radius 2 is 1.53 bits per heavy atom. The van der Waals surface area contributed by atoms with Crippen molar-refractivity contribution in [3.8, 4) is 11.1 Å². The van der Waals surface area contributed by atoms with E-state index in [1.165, 1.54) is 0 Å². The number of carbonyl (C=O) groups excluding carboxylic acids is 2. The summed E-state index contributed by atoms with van der Waals surface area (Å²) in [6.07, 6.45) is 0. The number of ketones is 1. The molecule has 0 heterocycles. The maximum atomic E-state index is 11.6. The number of carbonyl (C=O) groups is 2. The number of hydrogen-bond donors (Lipinski definition) is 0. The van der Waals surface area contributed by atoms with Crippen LogP contribution in [-0.4, -0.2) is 11.0 Å². The third-order valence-electron chi connectivity index (χ3n) is 2.86. The molecule has 96 valence electrons. The first kappa shape index (κ1) is 13.5. The molecule has 0 saturated carbocycles. The predicted molar refractivity (Wildman–Crippen MR) is 76.5 cm³/mol. The van der Waals surface area contributed by atoms with Crippen molar-refractivity contribution in [1.82, 2.24) is 0 Å². The Bertz CT molecular complexity index is 639. The zero-order chi connectivity index (χ0) is 14.0. The van der Waals surface area contributed by atoms with E-state index in [9.17, 15) is 9.59 Å². The van der Waals surface area contributed by atoms with E-state index < -0.39 is 11.0 Å². The van der Waals surface area contributed by atoms with E-state index in [1.54, 1.807) is 18.2 Å². The van der Waals surface area contributed by atoms with E-state index in [4.69, 9.17) is 11.6 Å². The molecule has 2 rings (SSSR count). The molecule has 0 saturated heterocycles. The molecule has 0 spiro atoms. The van der Waals surface area contributed by atoms with Gasteiger partial charge in [0, 0.05) is 5.56 Å². The van der Waals surface area contributed by atoms with E-state index in [0.29, 0.717) is 5.56 Å². The van der Waals surface area contributed by atoms with Gasteiger partial charge in [-0.05, 0) is 42.6 Å². The van der Waals surface area contributed by atoms with Gasteiger partial charge in [0.05, 0.1) is 0 Å². The lowest BCUT2D eigenvalue weighted by Gasteiger charge is -2.06. The highest BCUT2D eigenvalue weighted by Gasteiger charge is 2.13. The molecule has 0 unspecified atom stereocenters. The molecule has 0 aromatic heterocycles. The lowest BCUT2D eigenvalue weighted by molar-refractivity contribution is -0.108. The second-order valence-electron chi connectivity index (χ2n) is 4.56. The summed E-state index contributed by atoms with van der Waals surface area (Å²) in [5, 5.41) is -0.961. The van der Waals surface area contributed by atoms with Crippen molar-refractivity contribution >= 4 is 22.6 Å². The minimum Gasteiger partial charge on any atom is -0.284 e. The number of hydrogen-bond acceptors (Lipinski definition) is 2. The van der Waals surface area contributed by atoms with Gasteiger partial charge < -0.3 is 0 Å². The number of benzene rings is 2. The standard InChI is InChI=1S/C16H13ClO2/c1-10-6-11(2)8-14(7-10)12-4-3-5-13(9-12)15(18)16(17)19/h3-9H,1-2H3. The van der Waals surface area contributed by atoms with Crippen LogP contribution < -0.4 is 0 Å². The molecule has 0 fully saturated rings. The molecule has 0 amide bonds. The van der Waals surface area contributed by atoms with Gasteiger partial charge in [-0.1, -0.05) is 47.5 Å². The lowest BCUT2D eigenvalue weighted by Crippen LogP contribution is -2.07. The van der Waals surface area contributed by atoms with Crippen LogP contribution in [0.25, 0.3) is 11.1 Å². The van der Waals surface area contributed by atoms with Crippen molar-refractivity contribution in [1.29, 1.82) is 0 Å². The molecular weight excluding hydrogens is 260 g/mol. The van der Waals surface area contributed by atoms with Crippen LogP contribution in [0, 0.1) is 13.8 Å². The van der Waals surface area contributed by atoms with Crippen molar-refractivity contribution in [2.75, 3.05) is 0 Å². The fourth-order valence-electron chi connectivity index (χ4n) is 2.09. The molecule has 19 heavy (non-hydrogen) atoms. The Labute approximate surface area is 117 Å². The molecule has 3 heteroatoms. The van der Waals surface area contributed by atoms with E-state index in [2.05, 4.69) is 6.07 Å². The molecule has 0 aliphatic rings. The highest BCUT2D eigenvalue weighted by molar-refractivity contribution is 6.83. The Kier molecular flexibility index (Phi) is 3.82. The Hall–Kier alpha value is -1.93. The second kappa shape index (κ2) is 5.37. The molecule has 2 aromatic carbocycles. The molecule has 2 aromatic rings. The third-order valence-corrected chi connectivity index (χ3v) is 3.03. The maximum Gasteiger partial charge on any atom is 0.293 e. The molecule has 0 atom stereocenters. The van der Waals surface area contributed by atoms with Gasteiger partial charge in [0.15, 0.2) is 0 Å². The van der Waals surface area contributed by atoms with E-state index in [1.807, 2.05) is 32.0 Å². The fourth-order valence-corrected chi connectivity index (χ4v) is 2.20. The summed E-state index contributed by atoms with van der Waals surface area (Å²) in [4.78, 5) is 22.5. The SMILES string of the molecule is Cc1cc(C)cc(-c2cccc(C(=O)C(=O)Cl)c2)c1. The molecule has 2 nitrogen and oxygen atoms in total. The van der Waals surface area contributed by atoms with Crippen molar-refractivity contribution in [3.05, 3.63) is 59.2 Å². The van der Waals surface area contributed by atoms with E-state index in [0.717, 1.165) is 22.3 Å². The van der Waals surface area contributed by atoms with Crippen LogP contribution in [0.15, 0.2) is 42.5 Å². The van der Waals surface area contributed by atoms with Gasteiger partial charge >= 0.3 is 0 Å². The van der Waals surface area contributed by atoms with Crippen molar-refractivity contribution in [2.45, 2.75) is 13.8 Å². The quantitative estimate of drug-likeness (QED) is 0.482. The molecular formula is C16H13ClO2. The molecule has 0 radical (unpaired) electrons. The minimum absolute atomic E-state index is 0.316. The van der Waals surface area contributed by atoms with E-state index >= 15 is 0 Å². The number of rotatable bonds is 3. The monoisotopic (exact) mass is 272 g/mol. The highest BCUT2D eigenvalue weighted by atomic mass is 35.5. The van der Waals surface area contributed by atoms with Crippen molar-refractivity contribution < 1.29 is 9.59 Å². The number of halogens is 1. The minimum atomic E-state index is -0.961. The summed E-state index contributed by atoms with van der Waals surface area (Å²) >= 11 is 5.22. The topological polar surface area (TPSA) is 34.1 Å². The average molecular weight is 273 g/mol. The van der Waals surface area contributed by atoms with Crippen LogP contribution in [0.4, 0.5) is 0 Å². The first-order chi connectivity index (χ1) is 8.97. The predicted octanol–water partition coefficient (Wildman–Crippen LogP) is 3.92. The van der Waals surface area contributed by atoms with Crippen LogP contribution in [0.2, 0.25) is 0 Å². The Morgan fingerprint density at radius 1 is 0.895 bits per heavy atom. The van der Waals surface area contributed by atoms with Crippen LogP contribution in [0.5, 0.6) is 0 Å². The van der Waals surface area contributed by atoms with Crippen molar-refractivity contribution in [2.24, 2.45) is 0 Å². The van der Waals surface area contributed by atoms with Crippen LogP contribution >= 0.6 is 11.6 Å². The third kappa shape index (κ3) is 3.09. The van der Waals surface area contributed by atoms with Gasteiger partial charge in [0.25, 0.3) is 5.24 Å². The van der Waals surface area contributed by atoms with Crippen LogP contribution in [0.1, 0.15) is 21.5 Å². The summed E-state index contributed by atoms with van der Waals surface area (Å²) in [7, 11) is 0. The normalized spacial score (nSPS) is 10.3. The highest BCUT2D eigenvalue weighted by Crippen LogP contribution is 2.23. The Morgan fingerprint density at radius 3 is 2.11 bits per heavy atom. The summed E-state index contributed by atoms with van der Waals surface area (Å²) in [6, 6.07) is 13.1. The first-order valence-electron chi connectivity index (χ1n) is 5.90. The van der Waals surface area contributed by atoms with Gasteiger partial charge in [-0.15, -0.1) is 0 Å². The Balaban J connectivity index is 2.49. The van der Waals surface area contributed by atoms with Gasteiger partial charge in [-0.2, -0.15) is 0 Å². The number of Topliss-reactive ketones (excluding diaryl/α,β-unsaturated/α-hetero) is 1. The maximum absolute atomic E-state index is 11.6. The molecule has 0 aliphatic heterocycles. The second-order valence-corrected chi connectivity index (χ2v) is 4.90. The first-order valence-corrected chi connectivity index (χ1v) is 6.28. The zero-order valence-corrected chi connectivity index (χ0v) is 11.5. The average Bonchev–Trinajstić information content (AvgIpc) is 2.36. The summed E-state index contributed by atoms with van der Waals surface area (Å²) in [6.45, 7) is 4.04.